The van der Waals surface area contributed by atoms with Crippen molar-refractivity contribution in [2.75, 3.05) is 13.2 Å². The minimum Gasteiger partial charge on any atom is -0.493 e. The molecule has 0 amide bonds. The Morgan fingerprint density at radius 1 is 1.29 bits per heavy atom. The molecule has 4 heteroatoms. The van der Waals surface area contributed by atoms with Gasteiger partial charge in [-0.2, -0.15) is 0 Å². The second kappa shape index (κ2) is 9.40. The summed E-state index contributed by atoms with van der Waals surface area (Å²) in [5, 5.41) is 0. The highest BCUT2D eigenvalue weighted by atomic mass is 16.5. The van der Waals surface area contributed by atoms with Gasteiger partial charge in [-0.05, 0) is 46.1 Å². The Balaban J connectivity index is 2.28. The van der Waals surface area contributed by atoms with E-state index in [0.717, 1.165) is 30.6 Å². The van der Waals surface area contributed by atoms with E-state index in [-0.39, 0.29) is 12.0 Å². The molecule has 118 valence electrons. The Morgan fingerprint density at radius 2 is 2.05 bits per heavy atom. The first-order chi connectivity index (χ1) is 10.0. The van der Waals surface area contributed by atoms with Crippen LogP contribution in [-0.4, -0.2) is 19.2 Å². The van der Waals surface area contributed by atoms with Crippen molar-refractivity contribution in [3.63, 3.8) is 0 Å². The third kappa shape index (κ3) is 6.63. The van der Waals surface area contributed by atoms with Gasteiger partial charge in [0.05, 0.1) is 13.2 Å². The van der Waals surface area contributed by atoms with Gasteiger partial charge in [0.1, 0.15) is 5.75 Å². The van der Waals surface area contributed by atoms with Crippen molar-refractivity contribution in [2.24, 2.45) is 5.73 Å². The minimum absolute atomic E-state index is 0.0382. The van der Waals surface area contributed by atoms with E-state index in [9.17, 15) is 4.79 Å². The van der Waals surface area contributed by atoms with Crippen LogP contribution in [0.15, 0.2) is 18.2 Å². The Hall–Kier alpha value is -1.55. The maximum absolute atomic E-state index is 11.2. The van der Waals surface area contributed by atoms with Gasteiger partial charge in [-0.3, -0.25) is 4.79 Å². The molecule has 0 saturated carbocycles. The third-order valence-corrected chi connectivity index (χ3v) is 3.24. The van der Waals surface area contributed by atoms with Crippen molar-refractivity contribution in [1.29, 1.82) is 0 Å². The summed E-state index contributed by atoms with van der Waals surface area (Å²) in [6, 6.07) is 6.04. The fourth-order valence-electron chi connectivity index (χ4n) is 2.12. The summed E-state index contributed by atoms with van der Waals surface area (Å²) in [7, 11) is 0. The predicted molar refractivity (Wildman–Crippen MR) is 84.4 cm³/mol. The van der Waals surface area contributed by atoms with Crippen LogP contribution in [-0.2, 0) is 9.53 Å². The molecule has 0 aliphatic heterocycles. The van der Waals surface area contributed by atoms with E-state index >= 15 is 0 Å². The molecule has 2 N–H and O–H groups in total. The molecular weight excluding hydrogens is 266 g/mol. The molecule has 1 atom stereocenters. The van der Waals surface area contributed by atoms with E-state index in [1.807, 2.05) is 32.9 Å². The van der Waals surface area contributed by atoms with Gasteiger partial charge in [0, 0.05) is 18.0 Å². The number of ether oxygens (including phenoxy) is 2. The molecule has 0 aliphatic carbocycles. The van der Waals surface area contributed by atoms with Crippen LogP contribution in [0.2, 0.25) is 0 Å². The summed E-state index contributed by atoms with van der Waals surface area (Å²) >= 11 is 0. The van der Waals surface area contributed by atoms with E-state index < -0.39 is 0 Å². The molecule has 0 saturated heterocycles. The Bertz CT molecular complexity index is 444. The van der Waals surface area contributed by atoms with Crippen molar-refractivity contribution >= 4 is 5.97 Å². The average molecular weight is 293 g/mol. The standard InChI is InChI=1S/C17H27NO3/c1-4-20-17(19)8-6-5-7-11-21-16-10-9-13(2)12-15(16)14(3)18/h9-10,12,14H,4-8,11,18H2,1-3H3. The van der Waals surface area contributed by atoms with Crippen molar-refractivity contribution in [3.8, 4) is 5.75 Å². The molecule has 0 heterocycles. The zero-order valence-electron chi connectivity index (χ0n) is 13.4. The second-order valence-corrected chi connectivity index (χ2v) is 5.29. The SMILES string of the molecule is CCOC(=O)CCCCCOc1ccc(C)cc1C(C)N. The summed E-state index contributed by atoms with van der Waals surface area (Å²) in [6.45, 7) is 6.93. The number of nitrogens with two attached hydrogens (primary N) is 1. The van der Waals surface area contributed by atoms with Gasteiger partial charge < -0.3 is 15.2 Å². The van der Waals surface area contributed by atoms with Crippen molar-refractivity contribution in [2.45, 2.75) is 52.5 Å². The lowest BCUT2D eigenvalue weighted by molar-refractivity contribution is -0.143. The number of hydrogen-bond donors (Lipinski definition) is 1. The lowest BCUT2D eigenvalue weighted by atomic mass is 10.1. The quantitative estimate of drug-likeness (QED) is 0.559. The van der Waals surface area contributed by atoms with Crippen LogP contribution < -0.4 is 10.5 Å². The van der Waals surface area contributed by atoms with Crippen molar-refractivity contribution in [1.82, 2.24) is 0 Å². The number of rotatable bonds is 9. The van der Waals surface area contributed by atoms with Crippen LogP contribution in [0.1, 0.15) is 56.7 Å². The molecule has 1 aromatic carbocycles. The van der Waals surface area contributed by atoms with E-state index in [0.29, 0.717) is 19.6 Å². The third-order valence-electron chi connectivity index (χ3n) is 3.24. The van der Waals surface area contributed by atoms with E-state index in [2.05, 4.69) is 6.07 Å². The lowest BCUT2D eigenvalue weighted by Gasteiger charge is -2.14. The van der Waals surface area contributed by atoms with E-state index in [1.165, 1.54) is 5.56 Å². The zero-order chi connectivity index (χ0) is 15.7. The highest BCUT2D eigenvalue weighted by Gasteiger charge is 2.08. The minimum atomic E-state index is -0.115. The van der Waals surface area contributed by atoms with Crippen LogP contribution in [0.4, 0.5) is 0 Å². The fourth-order valence-corrected chi connectivity index (χ4v) is 2.12. The predicted octanol–water partition coefficient (Wildman–Crippen LogP) is 3.52. The van der Waals surface area contributed by atoms with E-state index in [4.69, 9.17) is 15.2 Å². The summed E-state index contributed by atoms with van der Waals surface area (Å²) < 4.78 is 10.7. The van der Waals surface area contributed by atoms with Gasteiger partial charge in [-0.1, -0.05) is 17.7 Å². The second-order valence-electron chi connectivity index (χ2n) is 5.29. The van der Waals surface area contributed by atoms with Gasteiger partial charge in [0.25, 0.3) is 0 Å². The molecule has 0 aliphatic rings. The molecule has 0 fully saturated rings. The molecule has 4 nitrogen and oxygen atoms in total. The molecular formula is C17H27NO3. The number of aryl methyl sites for hydroxylation is 1. The molecule has 0 bridgehead atoms. The molecule has 1 unspecified atom stereocenters. The first-order valence-electron chi connectivity index (χ1n) is 7.69. The monoisotopic (exact) mass is 293 g/mol. The molecule has 1 aromatic rings. The van der Waals surface area contributed by atoms with Gasteiger partial charge in [0.2, 0.25) is 0 Å². The molecule has 1 rings (SSSR count). The average Bonchev–Trinajstić information content (AvgIpc) is 2.44. The van der Waals surface area contributed by atoms with Gasteiger partial charge >= 0.3 is 5.97 Å². The highest BCUT2D eigenvalue weighted by molar-refractivity contribution is 5.69. The Morgan fingerprint density at radius 3 is 2.71 bits per heavy atom. The molecule has 0 aromatic heterocycles. The summed E-state index contributed by atoms with van der Waals surface area (Å²) in [5.74, 6) is 0.747. The zero-order valence-corrected chi connectivity index (χ0v) is 13.4. The fraction of sp³-hybridized carbons (Fsp3) is 0.588. The van der Waals surface area contributed by atoms with Crippen molar-refractivity contribution in [3.05, 3.63) is 29.3 Å². The maximum Gasteiger partial charge on any atom is 0.305 e. The first kappa shape index (κ1) is 17.5. The normalized spacial score (nSPS) is 12.0. The van der Waals surface area contributed by atoms with Gasteiger partial charge in [-0.15, -0.1) is 0 Å². The first-order valence-corrected chi connectivity index (χ1v) is 7.69. The number of carbonyl (C=O) groups excluding carboxylic acids is 1. The van der Waals surface area contributed by atoms with Crippen LogP contribution in [0.25, 0.3) is 0 Å². The van der Waals surface area contributed by atoms with Gasteiger partial charge in [0.15, 0.2) is 0 Å². The topological polar surface area (TPSA) is 61.5 Å². The number of benzene rings is 1. The highest BCUT2D eigenvalue weighted by Crippen LogP contribution is 2.25. The number of esters is 1. The van der Waals surface area contributed by atoms with Crippen LogP contribution >= 0.6 is 0 Å². The number of hydrogen-bond acceptors (Lipinski definition) is 4. The molecule has 0 spiro atoms. The lowest BCUT2D eigenvalue weighted by Crippen LogP contribution is -2.09. The summed E-state index contributed by atoms with van der Waals surface area (Å²) in [6.07, 6.45) is 3.21. The molecule has 0 radical (unpaired) electrons. The van der Waals surface area contributed by atoms with Gasteiger partial charge in [-0.25, -0.2) is 0 Å². The Kier molecular flexibility index (Phi) is 7.83. The van der Waals surface area contributed by atoms with Crippen molar-refractivity contribution < 1.29 is 14.3 Å². The molecule has 21 heavy (non-hydrogen) atoms. The summed E-state index contributed by atoms with van der Waals surface area (Å²) in [4.78, 5) is 11.2. The largest absolute Gasteiger partial charge is 0.493 e. The van der Waals surface area contributed by atoms with Crippen LogP contribution in [0.5, 0.6) is 5.75 Å². The van der Waals surface area contributed by atoms with Crippen LogP contribution in [0.3, 0.4) is 0 Å². The maximum atomic E-state index is 11.2. The van der Waals surface area contributed by atoms with E-state index in [1.54, 1.807) is 0 Å². The number of unbranched alkanes of at least 4 members (excludes halogenated alkanes) is 2. The smallest absolute Gasteiger partial charge is 0.305 e. The van der Waals surface area contributed by atoms with Crippen LogP contribution in [0, 0.1) is 6.92 Å². The Labute approximate surface area is 127 Å². The summed E-state index contributed by atoms with van der Waals surface area (Å²) in [5.41, 5.74) is 8.19. The number of carbonyl (C=O) groups is 1.